The molecule has 1 aliphatic rings. The van der Waals surface area contributed by atoms with Gasteiger partial charge in [-0.2, -0.15) is 0 Å². The van der Waals surface area contributed by atoms with E-state index in [-0.39, 0.29) is 11.2 Å². The normalized spacial score (nSPS) is 14.1. The van der Waals surface area contributed by atoms with Gasteiger partial charge in [-0.1, -0.05) is 47.6 Å². The number of halogens is 1. The molecule has 0 N–H and O–H groups in total. The number of carbonyl (C=O) groups excluding carboxylic acids is 1. The first-order chi connectivity index (χ1) is 16.1. The van der Waals surface area contributed by atoms with E-state index in [4.69, 9.17) is 11.6 Å². The molecule has 0 radical (unpaired) electrons. The van der Waals surface area contributed by atoms with Crippen molar-refractivity contribution in [3.8, 4) is 17.1 Å². The van der Waals surface area contributed by atoms with Crippen LogP contribution in [0.15, 0.2) is 78.2 Å². The van der Waals surface area contributed by atoms with E-state index < -0.39 is 0 Å². The molecule has 33 heavy (non-hydrogen) atoms. The van der Waals surface area contributed by atoms with E-state index >= 15 is 0 Å². The molecule has 8 heteroatoms. The number of hydrogen-bond acceptors (Lipinski definition) is 5. The summed E-state index contributed by atoms with van der Waals surface area (Å²) in [7, 11) is 0. The molecular formula is C25H22ClN5OS. The predicted octanol–water partition coefficient (Wildman–Crippen LogP) is 5.05. The van der Waals surface area contributed by atoms with Crippen molar-refractivity contribution < 1.29 is 4.79 Å². The highest BCUT2D eigenvalue weighted by Crippen LogP contribution is 2.31. The smallest absolute Gasteiger partial charge is 0.236 e. The minimum absolute atomic E-state index is 0.102. The van der Waals surface area contributed by atoms with Gasteiger partial charge in [0.05, 0.1) is 5.25 Å². The van der Waals surface area contributed by atoms with Crippen LogP contribution < -0.4 is 0 Å². The lowest BCUT2D eigenvalue weighted by atomic mass is 10.00. The van der Waals surface area contributed by atoms with Gasteiger partial charge in [0.1, 0.15) is 0 Å². The van der Waals surface area contributed by atoms with Gasteiger partial charge < -0.3 is 4.90 Å². The lowest BCUT2D eigenvalue weighted by Gasteiger charge is -2.30. The Hall–Kier alpha value is -3.16. The summed E-state index contributed by atoms with van der Waals surface area (Å²) in [6.45, 7) is 3.30. The van der Waals surface area contributed by atoms with Crippen LogP contribution in [-0.2, 0) is 17.8 Å². The van der Waals surface area contributed by atoms with Crippen LogP contribution in [0.4, 0.5) is 0 Å². The molecule has 1 aliphatic heterocycles. The number of pyridine rings is 1. The molecule has 0 saturated carbocycles. The molecule has 4 aromatic rings. The first-order valence-corrected chi connectivity index (χ1v) is 12.0. The van der Waals surface area contributed by atoms with Crippen molar-refractivity contribution in [2.24, 2.45) is 0 Å². The summed E-state index contributed by atoms with van der Waals surface area (Å²) in [4.78, 5) is 19.3. The van der Waals surface area contributed by atoms with E-state index in [2.05, 4.69) is 33.4 Å². The summed E-state index contributed by atoms with van der Waals surface area (Å²) >= 11 is 7.53. The van der Waals surface area contributed by atoms with Crippen LogP contribution in [0.5, 0.6) is 0 Å². The van der Waals surface area contributed by atoms with Gasteiger partial charge >= 0.3 is 0 Å². The van der Waals surface area contributed by atoms with Crippen LogP contribution in [0.1, 0.15) is 18.1 Å². The van der Waals surface area contributed by atoms with Crippen molar-refractivity contribution in [2.45, 2.75) is 30.3 Å². The number of thioether (sulfide) groups is 1. The number of fused-ring (bicyclic) bond motifs is 1. The van der Waals surface area contributed by atoms with E-state index in [1.165, 1.54) is 22.9 Å². The van der Waals surface area contributed by atoms with Crippen molar-refractivity contribution in [2.75, 3.05) is 6.54 Å². The van der Waals surface area contributed by atoms with E-state index in [0.29, 0.717) is 22.5 Å². The van der Waals surface area contributed by atoms with E-state index in [1.807, 2.05) is 58.9 Å². The zero-order valence-corrected chi connectivity index (χ0v) is 19.6. The molecule has 3 heterocycles. The van der Waals surface area contributed by atoms with Gasteiger partial charge in [0.25, 0.3) is 0 Å². The number of nitrogens with zero attached hydrogens (tertiary/aromatic N) is 5. The monoisotopic (exact) mass is 475 g/mol. The predicted molar refractivity (Wildman–Crippen MR) is 130 cm³/mol. The Morgan fingerprint density at radius 2 is 1.73 bits per heavy atom. The first kappa shape index (κ1) is 21.7. The maximum absolute atomic E-state index is 13.3. The minimum atomic E-state index is -0.309. The van der Waals surface area contributed by atoms with Crippen molar-refractivity contribution in [1.29, 1.82) is 0 Å². The van der Waals surface area contributed by atoms with Gasteiger partial charge in [-0.3, -0.25) is 14.3 Å². The number of hydrogen-bond donors (Lipinski definition) is 0. The second kappa shape index (κ2) is 9.37. The Labute approximate surface area is 201 Å². The van der Waals surface area contributed by atoms with Crippen molar-refractivity contribution >= 4 is 29.3 Å². The Bertz CT molecular complexity index is 1280. The van der Waals surface area contributed by atoms with Gasteiger partial charge in [0.15, 0.2) is 11.0 Å². The zero-order chi connectivity index (χ0) is 22.8. The van der Waals surface area contributed by atoms with Gasteiger partial charge in [-0.05, 0) is 60.9 Å². The van der Waals surface area contributed by atoms with Gasteiger partial charge in [0.2, 0.25) is 5.91 Å². The minimum Gasteiger partial charge on any atom is -0.337 e. The van der Waals surface area contributed by atoms with Gasteiger partial charge in [-0.15, -0.1) is 10.2 Å². The molecule has 0 fully saturated rings. The molecule has 166 valence electrons. The third kappa shape index (κ3) is 4.51. The zero-order valence-electron chi connectivity index (χ0n) is 18.1. The molecule has 5 rings (SSSR count). The van der Waals surface area contributed by atoms with Crippen molar-refractivity contribution in [3.63, 3.8) is 0 Å². The molecule has 0 aliphatic carbocycles. The molecule has 1 atom stereocenters. The Kier molecular flexibility index (Phi) is 6.15. The van der Waals surface area contributed by atoms with E-state index in [0.717, 1.165) is 24.2 Å². The summed E-state index contributed by atoms with van der Waals surface area (Å²) < 4.78 is 1.96. The van der Waals surface area contributed by atoms with Crippen LogP contribution in [0.2, 0.25) is 5.02 Å². The average Bonchev–Trinajstić information content (AvgIpc) is 3.27. The summed E-state index contributed by atoms with van der Waals surface area (Å²) in [5, 5.41) is 9.89. The van der Waals surface area contributed by atoms with Crippen LogP contribution in [0.25, 0.3) is 17.1 Å². The molecule has 2 aromatic heterocycles. The number of benzene rings is 2. The fourth-order valence-corrected chi connectivity index (χ4v) is 5.08. The highest BCUT2D eigenvalue weighted by Gasteiger charge is 2.27. The molecule has 1 amide bonds. The molecule has 1 unspecified atom stereocenters. The third-order valence-corrected chi connectivity index (χ3v) is 7.01. The molecular weight excluding hydrogens is 454 g/mol. The summed E-state index contributed by atoms with van der Waals surface area (Å²) in [6.07, 6.45) is 4.33. The maximum atomic E-state index is 13.3. The number of aromatic nitrogens is 4. The first-order valence-electron chi connectivity index (χ1n) is 10.7. The van der Waals surface area contributed by atoms with Crippen molar-refractivity contribution in [1.82, 2.24) is 24.6 Å². The largest absolute Gasteiger partial charge is 0.337 e. The molecule has 0 saturated heterocycles. The Morgan fingerprint density at radius 1 is 1.00 bits per heavy atom. The maximum Gasteiger partial charge on any atom is 0.236 e. The molecule has 0 bridgehead atoms. The fraction of sp³-hybridized carbons (Fsp3) is 0.200. The molecule has 6 nitrogen and oxygen atoms in total. The Balaban J connectivity index is 1.43. The summed E-state index contributed by atoms with van der Waals surface area (Å²) in [5.41, 5.74) is 4.32. The average molecular weight is 476 g/mol. The van der Waals surface area contributed by atoms with E-state index in [9.17, 15) is 4.79 Å². The number of carbonyl (C=O) groups is 1. The summed E-state index contributed by atoms with van der Waals surface area (Å²) in [6, 6.07) is 19.6. The SMILES string of the molecule is CC(Sc1nnc(-c2ccncc2)n1-c1ccc(Cl)cc1)C(=O)N1CCc2ccccc2C1. The standard InChI is InChI=1S/C25H22ClN5OS/c1-17(24(32)30-15-12-18-4-2-3-5-20(18)16-30)33-25-29-28-23(19-10-13-27-14-11-19)31(25)22-8-6-21(26)7-9-22/h2-11,13-14,17H,12,15-16H2,1H3. The third-order valence-electron chi connectivity index (χ3n) is 5.73. The second-order valence-electron chi connectivity index (χ2n) is 7.89. The Morgan fingerprint density at radius 3 is 2.48 bits per heavy atom. The highest BCUT2D eigenvalue weighted by atomic mass is 35.5. The molecule has 0 spiro atoms. The van der Waals surface area contributed by atoms with E-state index in [1.54, 1.807) is 12.4 Å². The fourth-order valence-electron chi connectivity index (χ4n) is 4.01. The number of rotatable bonds is 5. The number of amides is 1. The lowest BCUT2D eigenvalue weighted by Crippen LogP contribution is -2.40. The van der Waals surface area contributed by atoms with Crippen LogP contribution in [0.3, 0.4) is 0 Å². The quantitative estimate of drug-likeness (QED) is 0.378. The van der Waals surface area contributed by atoms with Crippen LogP contribution >= 0.6 is 23.4 Å². The molecule has 2 aromatic carbocycles. The topological polar surface area (TPSA) is 63.9 Å². The second-order valence-corrected chi connectivity index (χ2v) is 9.64. The highest BCUT2D eigenvalue weighted by molar-refractivity contribution is 8.00. The van der Waals surface area contributed by atoms with Crippen LogP contribution in [0, 0.1) is 0 Å². The lowest BCUT2D eigenvalue weighted by molar-refractivity contribution is -0.131. The van der Waals surface area contributed by atoms with Gasteiger partial charge in [-0.25, -0.2) is 0 Å². The summed E-state index contributed by atoms with van der Waals surface area (Å²) in [5.74, 6) is 0.791. The van der Waals surface area contributed by atoms with Crippen molar-refractivity contribution in [3.05, 3.63) is 89.2 Å². The van der Waals surface area contributed by atoms with Gasteiger partial charge in [0, 0.05) is 41.8 Å². The van der Waals surface area contributed by atoms with Crippen LogP contribution in [-0.4, -0.2) is 42.4 Å².